The van der Waals surface area contributed by atoms with E-state index in [0.717, 1.165) is 6.26 Å². The van der Waals surface area contributed by atoms with Crippen molar-refractivity contribution < 1.29 is 18.1 Å². The van der Waals surface area contributed by atoms with Crippen molar-refractivity contribution in [2.75, 3.05) is 6.26 Å². The molecule has 0 saturated carbocycles. The first kappa shape index (κ1) is 17.6. The Morgan fingerprint density at radius 3 is 2.46 bits per heavy atom. The minimum absolute atomic E-state index is 0.0391. The van der Waals surface area contributed by atoms with Crippen molar-refractivity contribution in [1.29, 1.82) is 0 Å². The topological polar surface area (TPSA) is 106 Å². The standard InChI is InChI=1S/C16H16N2O5S/c1-11(12-6-5-7-13(10-12)18(20)21)17-16(19)14-8-3-4-9-15(14)24(2,22)23/h3-11H,1-2H3,(H,17,19). The Hall–Kier alpha value is -2.74. The second-order valence-corrected chi connectivity index (χ2v) is 7.30. The first-order valence-corrected chi connectivity index (χ1v) is 8.93. The summed E-state index contributed by atoms with van der Waals surface area (Å²) in [4.78, 5) is 22.7. The number of nitrogens with zero attached hydrogens (tertiary/aromatic N) is 1. The first-order chi connectivity index (χ1) is 11.2. The summed E-state index contributed by atoms with van der Waals surface area (Å²) in [5.41, 5.74) is 0.511. The molecule has 1 atom stereocenters. The summed E-state index contributed by atoms with van der Waals surface area (Å²) in [6.45, 7) is 1.67. The van der Waals surface area contributed by atoms with Gasteiger partial charge in [0.1, 0.15) is 0 Å². The molecule has 8 heteroatoms. The van der Waals surface area contributed by atoms with Crippen molar-refractivity contribution in [2.45, 2.75) is 17.9 Å². The molecule has 0 fully saturated rings. The van der Waals surface area contributed by atoms with Gasteiger partial charge in [0.25, 0.3) is 11.6 Å². The van der Waals surface area contributed by atoms with E-state index in [0.29, 0.717) is 5.56 Å². The van der Waals surface area contributed by atoms with Crippen molar-refractivity contribution in [3.8, 4) is 0 Å². The average Bonchev–Trinajstić information content (AvgIpc) is 2.54. The molecule has 0 aromatic heterocycles. The molecular weight excluding hydrogens is 332 g/mol. The number of carbonyl (C=O) groups excluding carboxylic acids is 1. The molecule has 0 bridgehead atoms. The summed E-state index contributed by atoms with van der Waals surface area (Å²) in [6, 6.07) is 11.3. The van der Waals surface area contributed by atoms with Crippen LogP contribution in [0.5, 0.6) is 0 Å². The van der Waals surface area contributed by atoms with Gasteiger partial charge in [-0.2, -0.15) is 0 Å². The minimum atomic E-state index is -3.55. The van der Waals surface area contributed by atoms with Gasteiger partial charge in [-0.15, -0.1) is 0 Å². The summed E-state index contributed by atoms with van der Waals surface area (Å²) in [7, 11) is -3.55. The van der Waals surface area contributed by atoms with E-state index in [1.54, 1.807) is 19.1 Å². The smallest absolute Gasteiger partial charge is 0.269 e. The molecule has 2 rings (SSSR count). The molecule has 1 N–H and O–H groups in total. The van der Waals surface area contributed by atoms with E-state index in [4.69, 9.17) is 0 Å². The van der Waals surface area contributed by atoms with Crippen molar-refractivity contribution in [3.63, 3.8) is 0 Å². The molecule has 1 unspecified atom stereocenters. The Kier molecular flexibility index (Phi) is 4.99. The fraction of sp³-hybridized carbons (Fsp3) is 0.188. The maximum absolute atomic E-state index is 12.4. The lowest BCUT2D eigenvalue weighted by Gasteiger charge is -2.15. The highest BCUT2D eigenvalue weighted by Crippen LogP contribution is 2.21. The number of nitro benzene ring substituents is 1. The Bertz CT molecular complexity index is 893. The summed E-state index contributed by atoms with van der Waals surface area (Å²) in [6.07, 6.45) is 1.03. The number of non-ortho nitro benzene ring substituents is 1. The zero-order chi connectivity index (χ0) is 17.9. The zero-order valence-corrected chi connectivity index (χ0v) is 13.9. The molecular formula is C16H16N2O5S. The Morgan fingerprint density at radius 2 is 1.83 bits per heavy atom. The third-order valence-corrected chi connectivity index (χ3v) is 4.61. The van der Waals surface area contributed by atoms with E-state index in [2.05, 4.69) is 5.32 Å². The van der Waals surface area contributed by atoms with Crippen LogP contribution in [0.4, 0.5) is 5.69 Å². The molecule has 126 valence electrons. The number of sulfone groups is 1. The van der Waals surface area contributed by atoms with Gasteiger partial charge in [-0.05, 0) is 24.6 Å². The van der Waals surface area contributed by atoms with Crippen molar-refractivity contribution in [1.82, 2.24) is 5.32 Å². The molecule has 0 saturated heterocycles. The Morgan fingerprint density at radius 1 is 1.17 bits per heavy atom. The van der Waals surface area contributed by atoms with Crippen LogP contribution in [0, 0.1) is 10.1 Å². The van der Waals surface area contributed by atoms with Crippen molar-refractivity contribution in [2.24, 2.45) is 0 Å². The summed E-state index contributed by atoms with van der Waals surface area (Å²) in [5, 5.41) is 13.5. The summed E-state index contributed by atoms with van der Waals surface area (Å²) >= 11 is 0. The number of carbonyl (C=O) groups is 1. The number of hydrogen-bond donors (Lipinski definition) is 1. The van der Waals surface area contributed by atoms with Crippen molar-refractivity contribution in [3.05, 3.63) is 69.8 Å². The van der Waals surface area contributed by atoms with Gasteiger partial charge in [-0.3, -0.25) is 14.9 Å². The molecule has 2 aromatic carbocycles. The summed E-state index contributed by atoms with van der Waals surface area (Å²) in [5.74, 6) is -0.560. The highest BCUT2D eigenvalue weighted by molar-refractivity contribution is 7.90. The van der Waals surface area contributed by atoms with Gasteiger partial charge in [-0.25, -0.2) is 8.42 Å². The lowest BCUT2D eigenvalue weighted by molar-refractivity contribution is -0.384. The second-order valence-electron chi connectivity index (χ2n) is 5.32. The average molecular weight is 348 g/mol. The second kappa shape index (κ2) is 6.79. The predicted octanol–water partition coefficient (Wildman–Crippen LogP) is 2.49. The van der Waals surface area contributed by atoms with Gasteiger partial charge in [0.05, 0.1) is 21.4 Å². The largest absolute Gasteiger partial charge is 0.345 e. The Balaban J connectivity index is 2.28. The molecule has 0 spiro atoms. The molecule has 0 aliphatic rings. The molecule has 0 radical (unpaired) electrons. The van der Waals surface area contributed by atoms with Crippen LogP contribution >= 0.6 is 0 Å². The van der Waals surface area contributed by atoms with Gasteiger partial charge in [0.15, 0.2) is 9.84 Å². The minimum Gasteiger partial charge on any atom is -0.345 e. The van der Waals surface area contributed by atoms with Crippen LogP contribution in [0.1, 0.15) is 28.9 Å². The predicted molar refractivity (Wildman–Crippen MR) is 88.5 cm³/mol. The molecule has 0 aliphatic heterocycles. The number of nitrogens with one attached hydrogen (secondary N) is 1. The first-order valence-electron chi connectivity index (χ1n) is 7.04. The lowest BCUT2D eigenvalue weighted by Crippen LogP contribution is -2.28. The van der Waals surface area contributed by atoms with Crippen LogP contribution in [0.2, 0.25) is 0 Å². The highest BCUT2D eigenvalue weighted by atomic mass is 32.2. The maximum Gasteiger partial charge on any atom is 0.269 e. The number of nitro groups is 1. The van der Waals surface area contributed by atoms with Gasteiger partial charge in [0.2, 0.25) is 0 Å². The van der Waals surface area contributed by atoms with Gasteiger partial charge < -0.3 is 5.32 Å². The van der Waals surface area contributed by atoms with Gasteiger partial charge in [0, 0.05) is 18.4 Å². The van der Waals surface area contributed by atoms with E-state index in [1.165, 1.54) is 36.4 Å². The third-order valence-electron chi connectivity index (χ3n) is 3.46. The fourth-order valence-corrected chi connectivity index (χ4v) is 3.13. The van der Waals surface area contributed by atoms with E-state index in [1.807, 2.05) is 0 Å². The quantitative estimate of drug-likeness (QED) is 0.660. The monoisotopic (exact) mass is 348 g/mol. The van der Waals surface area contributed by atoms with Gasteiger partial charge >= 0.3 is 0 Å². The van der Waals surface area contributed by atoms with Crippen LogP contribution < -0.4 is 5.32 Å². The molecule has 2 aromatic rings. The number of benzene rings is 2. The number of rotatable bonds is 5. The zero-order valence-electron chi connectivity index (χ0n) is 13.1. The van der Waals surface area contributed by atoms with E-state index >= 15 is 0 Å². The van der Waals surface area contributed by atoms with Gasteiger partial charge in [-0.1, -0.05) is 24.3 Å². The highest BCUT2D eigenvalue weighted by Gasteiger charge is 2.20. The van der Waals surface area contributed by atoms with E-state index < -0.39 is 26.7 Å². The SMILES string of the molecule is CC(NC(=O)c1ccccc1S(C)(=O)=O)c1cccc([N+](=O)[O-])c1. The fourth-order valence-electron chi connectivity index (χ4n) is 2.24. The number of hydrogen-bond acceptors (Lipinski definition) is 5. The van der Waals surface area contributed by atoms with Crippen LogP contribution in [0.15, 0.2) is 53.4 Å². The molecule has 0 aliphatic carbocycles. The van der Waals surface area contributed by atoms with Crippen LogP contribution in [0.25, 0.3) is 0 Å². The van der Waals surface area contributed by atoms with Crippen LogP contribution in [-0.2, 0) is 9.84 Å². The summed E-state index contributed by atoms with van der Waals surface area (Å²) < 4.78 is 23.6. The lowest BCUT2D eigenvalue weighted by atomic mass is 10.1. The molecule has 7 nitrogen and oxygen atoms in total. The van der Waals surface area contributed by atoms with Crippen LogP contribution in [-0.4, -0.2) is 25.5 Å². The third kappa shape index (κ3) is 3.96. The normalized spacial score (nSPS) is 12.4. The molecule has 24 heavy (non-hydrogen) atoms. The maximum atomic E-state index is 12.4. The van der Waals surface area contributed by atoms with Crippen molar-refractivity contribution >= 4 is 21.4 Å². The van der Waals surface area contributed by atoms with Crippen LogP contribution in [0.3, 0.4) is 0 Å². The van der Waals surface area contributed by atoms with E-state index in [-0.39, 0.29) is 16.1 Å². The molecule has 1 amide bonds. The Labute approximate surface area is 139 Å². The number of amides is 1. The molecule has 0 heterocycles. The van der Waals surface area contributed by atoms with E-state index in [9.17, 15) is 23.3 Å².